The minimum Gasteiger partial charge on any atom is -0.455 e. The number of rotatable bonds is 7. The zero-order valence-corrected chi connectivity index (χ0v) is 15.4. The molecule has 2 aromatic rings. The van der Waals surface area contributed by atoms with E-state index in [0.717, 1.165) is 15.9 Å². The summed E-state index contributed by atoms with van der Waals surface area (Å²) in [6.45, 7) is 1.31. The third-order valence-corrected chi connectivity index (χ3v) is 4.95. The van der Waals surface area contributed by atoms with E-state index >= 15 is 0 Å². The molecule has 0 saturated carbocycles. The van der Waals surface area contributed by atoms with Crippen LogP contribution in [0.1, 0.15) is 16.3 Å². The average Bonchev–Trinajstić information content (AvgIpc) is 2.96. The summed E-state index contributed by atoms with van der Waals surface area (Å²) in [5.41, 5.74) is 0. The van der Waals surface area contributed by atoms with E-state index in [1.54, 1.807) is 24.3 Å². The Morgan fingerprint density at radius 3 is 2.57 bits per heavy atom. The Balaban J connectivity index is 1.92. The molecule has 23 heavy (non-hydrogen) atoms. The van der Waals surface area contributed by atoms with Crippen molar-refractivity contribution < 1.29 is 13.4 Å². The maximum absolute atomic E-state index is 12.3. The third kappa shape index (κ3) is 5.60. The molecule has 0 saturated heterocycles. The number of nitrogens with zero attached hydrogens (tertiary/aromatic N) is 1. The summed E-state index contributed by atoms with van der Waals surface area (Å²) in [4.78, 5) is 14.6. The fourth-order valence-electron chi connectivity index (χ4n) is 1.86. The normalized spacial score (nSPS) is 12.3. The van der Waals surface area contributed by atoms with Gasteiger partial charge >= 0.3 is 0 Å². The highest BCUT2D eigenvalue weighted by Crippen LogP contribution is 2.17. The molecule has 5 nitrogen and oxygen atoms in total. The second-order valence-corrected chi connectivity index (χ2v) is 7.64. The van der Waals surface area contributed by atoms with E-state index in [2.05, 4.69) is 21.2 Å². The molecule has 0 aliphatic heterocycles. The number of hydrogen-bond acceptors (Lipinski definition) is 4. The number of hydrogen-bond donors (Lipinski definition) is 1. The largest absolute Gasteiger partial charge is 0.455 e. The molecule has 0 fully saturated rings. The Morgan fingerprint density at radius 2 is 1.91 bits per heavy atom. The number of likely N-dealkylation sites (N-methyl/N-ethyl adjacent to an activating group) is 1. The van der Waals surface area contributed by atoms with Gasteiger partial charge < -0.3 is 14.6 Å². The smallest absolute Gasteiger partial charge is 0.287 e. The van der Waals surface area contributed by atoms with Crippen LogP contribution in [0, 0.1) is 0 Å². The zero-order chi connectivity index (χ0) is 16.8. The summed E-state index contributed by atoms with van der Waals surface area (Å²) in [7, 11) is 2.67. The van der Waals surface area contributed by atoms with Gasteiger partial charge in [0, 0.05) is 22.5 Å². The lowest BCUT2D eigenvalue weighted by Crippen LogP contribution is -2.31. The van der Waals surface area contributed by atoms with Gasteiger partial charge in [0.1, 0.15) is 5.76 Å². The number of carbonyl (C=O) groups excluding carboxylic acids is 1. The SMILES string of the molecule is CN(C)CCNC(=O)c1ccc(CS(=O)c2ccc(Br)cc2)o1. The van der Waals surface area contributed by atoms with Crippen molar-refractivity contribution in [2.75, 3.05) is 27.2 Å². The van der Waals surface area contributed by atoms with Gasteiger partial charge in [-0.15, -0.1) is 0 Å². The van der Waals surface area contributed by atoms with Crippen molar-refractivity contribution in [2.24, 2.45) is 0 Å². The second-order valence-electron chi connectivity index (χ2n) is 5.27. The predicted molar refractivity (Wildman–Crippen MR) is 93.8 cm³/mol. The van der Waals surface area contributed by atoms with Crippen molar-refractivity contribution in [1.82, 2.24) is 10.2 Å². The van der Waals surface area contributed by atoms with Gasteiger partial charge in [-0.3, -0.25) is 9.00 Å². The summed E-state index contributed by atoms with van der Waals surface area (Å²) < 4.78 is 18.7. The maximum atomic E-state index is 12.3. The summed E-state index contributed by atoms with van der Waals surface area (Å²) in [5, 5.41) is 2.78. The number of amides is 1. The van der Waals surface area contributed by atoms with Crippen LogP contribution in [-0.2, 0) is 16.6 Å². The van der Waals surface area contributed by atoms with Gasteiger partial charge in [0.2, 0.25) is 0 Å². The van der Waals surface area contributed by atoms with Crippen molar-refractivity contribution in [3.05, 3.63) is 52.4 Å². The van der Waals surface area contributed by atoms with Gasteiger partial charge in [-0.05, 0) is 50.5 Å². The van der Waals surface area contributed by atoms with Gasteiger partial charge in [0.15, 0.2) is 5.76 Å². The van der Waals surface area contributed by atoms with E-state index in [4.69, 9.17) is 4.42 Å². The predicted octanol–water partition coefficient (Wildman–Crippen LogP) is 2.64. The van der Waals surface area contributed by atoms with Crippen molar-refractivity contribution in [3.8, 4) is 0 Å². The van der Waals surface area contributed by atoms with Crippen LogP contribution >= 0.6 is 15.9 Å². The summed E-state index contributed by atoms with van der Waals surface area (Å²) in [6.07, 6.45) is 0. The fraction of sp³-hybridized carbons (Fsp3) is 0.312. The lowest BCUT2D eigenvalue weighted by Gasteiger charge is -2.09. The van der Waals surface area contributed by atoms with Crippen LogP contribution < -0.4 is 5.32 Å². The molecule has 1 N–H and O–H groups in total. The van der Waals surface area contributed by atoms with Crippen LogP contribution in [0.2, 0.25) is 0 Å². The Bertz CT molecular complexity index is 683. The standard InChI is InChI=1S/C16H19BrN2O3S/c1-19(2)10-9-18-16(20)15-8-5-13(22-15)11-23(21)14-6-3-12(17)4-7-14/h3-8H,9-11H2,1-2H3,(H,18,20). The molecule has 1 atom stereocenters. The first-order valence-corrected chi connectivity index (χ1v) is 9.22. The molecular formula is C16H19BrN2O3S. The molecule has 1 aromatic heterocycles. The van der Waals surface area contributed by atoms with Crippen LogP contribution in [0.5, 0.6) is 0 Å². The van der Waals surface area contributed by atoms with Crippen LogP contribution in [-0.4, -0.2) is 42.2 Å². The minimum atomic E-state index is -1.21. The lowest BCUT2D eigenvalue weighted by molar-refractivity contribution is 0.0922. The van der Waals surface area contributed by atoms with E-state index in [-0.39, 0.29) is 17.4 Å². The van der Waals surface area contributed by atoms with Crippen LogP contribution in [0.25, 0.3) is 0 Å². The van der Waals surface area contributed by atoms with Gasteiger partial charge in [0.25, 0.3) is 5.91 Å². The zero-order valence-electron chi connectivity index (χ0n) is 13.0. The number of furan rings is 1. The number of benzene rings is 1. The van der Waals surface area contributed by atoms with Crippen molar-refractivity contribution in [3.63, 3.8) is 0 Å². The average molecular weight is 399 g/mol. The second kappa shape index (κ2) is 8.42. The van der Waals surface area contributed by atoms with Gasteiger partial charge in [0.05, 0.1) is 16.6 Å². The van der Waals surface area contributed by atoms with Crippen molar-refractivity contribution in [1.29, 1.82) is 0 Å². The highest BCUT2D eigenvalue weighted by Gasteiger charge is 2.13. The summed E-state index contributed by atoms with van der Waals surface area (Å²) in [6, 6.07) is 10.6. The molecule has 7 heteroatoms. The number of carbonyl (C=O) groups is 1. The molecule has 0 aliphatic carbocycles. The molecule has 1 aromatic carbocycles. The topological polar surface area (TPSA) is 62.6 Å². The monoisotopic (exact) mass is 398 g/mol. The van der Waals surface area contributed by atoms with Gasteiger partial charge in [-0.1, -0.05) is 15.9 Å². The fourth-order valence-corrected chi connectivity index (χ4v) is 3.14. The highest BCUT2D eigenvalue weighted by atomic mass is 79.9. The van der Waals surface area contributed by atoms with Crippen LogP contribution in [0.3, 0.4) is 0 Å². The van der Waals surface area contributed by atoms with Crippen LogP contribution in [0.15, 0.2) is 50.2 Å². The van der Waals surface area contributed by atoms with E-state index < -0.39 is 10.8 Å². The van der Waals surface area contributed by atoms with Crippen molar-refractivity contribution >= 4 is 32.6 Å². The molecule has 0 bridgehead atoms. The molecule has 124 valence electrons. The van der Waals surface area contributed by atoms with Crippen LogP contribution in [0.4, 0.5) is 0 Å². The lowest BCUT2D eigenvalue weighted by atomic mass is 10.4. The Hall–Kier alpha value is -1.44. The molecule has 0 radical (unpaired) electrons. The Kier molecular flexibility index (Phi) is 6.56. The molecule has 1 unspecified atom stereocenters. The van der Waals surface area contributed by atoms with Crippen molar-refractivity contribution in [2.45, 2.75) is 10.6 Å². The first-order chi connectivity index (χ1) is 11.0. The molecule has 0 aliphatic rings. The maximum Gasteiger partial charge on any atom is 0.287 e. The molecular weight excluding hydrogens is 380 g/mol. The van der Waals surface area contributed by atoms with Gasteiger partial charge in [-0.25, -0.2) is 0 Å². The van der Waals surface area contributed by atoms with E-state index in [0.29, 0.717) is 12.3 Å². The molecule has 2 rings (SSSR count). The summed E-state index contributed by atoms with van der Waals surface area (Å²) >= 11 is 3.35. The summed E-state index contributed by atoms with van der Waals surface area (Å²) in [5.74, 6) is 0.759. The quantitative estimate of drug-likeness (QED) is 0.778. The molecule has 0 spiro atoms. The van der Waals surface area contributed by atoms with E-state index in [9.17, 15) is 9.00 Å². The molecule has 1 amide bonds. The van der Waals surface area contributed by atoms with E-state index in [1.807, 2.05) is 31.1 Å². The Labute approximate surface area is 146 Å². The number of halogens is 1. The first kappa shape index (κ1) is 17.9. The Morgan fingerprint density at radius 1 is 1.22 bits per heavy atom. The highest BCUT2D eigenvalue weighted by molar-refractivity contribution is 9.10. The third-order valence-electron chi connectivity index (χ3n) is 3.08. The van der Waals surface area contributed by atoms with E-state index in [1.165, 1.54) is 0 Å². The first-order valence-electron chi connectivity index (χ1n) is 7.11. The minimum absolute atomic E-state index is 0.242. The number of nitrogens with one attached hydrogen (secondary N) is 1. The van der Waals surface area contributed by atoms with Gasteiger partial charge in [-0.2, -0.15) is 0 Å². The molecule has 1 heterocycles.